The predicted octanol–water partition coefficient (Wildman–Crippen LogP) is 4.89. The fraction of sp³-hybridized carbons (Fsp3) is 0.176. The summed E-state index contributed by atoms with van der Waals surface area (Å²) in [5.74, 6) is -0.121. The molecule has 0 unspecified atom stereocenters. The first kappa shape index (κ1) is 15.1. The first-order valence-corrected chi connectivity index (χ1v) is 8.95. The number of thiazole rings is 1. The highest BCUT2D eigenvalue weighted by Crippen LogP contribution is 2.30. The number of carbonyl (C=O) groups excluding carboxylic acids is 1. The highest BCUT2D eigenvalue weighted by molar-refractivity contribution is 7.98. The first-order chi connectivity index (χ1) is 10.6. The summed E-state index contributed by atoms with van der Waals surface area (Å²) in [6.07, 6.45) is 2.00. The number of rotatable bonds is 3. The SMILES string of the molecule is CSc1cccc(C(=O)Nc2nc3c(C)c(C)ccc3s2)c1. The maximum absolute atomic E-state index is 12.4. The number of fused-ring (bicyclic) bond motifs is 1. The third kappa shape index (κ3) is 2.87. The lowest BCUT2D eigenvalue weighted by atomic mass is 10.1. The summed E-state index contributed by atoms with van der Waals surface area (Å²) in [5, 5.41) is 3.55. The van der Waals surface area contributed by atoms with Crippen molar-refractivity contribution in [2.45, 2.75) is 18.7 Å². The third-order valence-electron chi connectivity index (χ3n) is 3.64. The van der Waals surface area contributed by atoms with Crippen molar-refractivity contribution in [1.82, 2.24) is 4.98 Å². The summed E-state index contributed by atoms with van der Waals surface area (Å²) in [4.78, 5) is 18.0. The molecule has 3 nitrogen and oxygen atoms in total. The molecule has 0 fully saturated rings. The van der Waals surface area contributed by atoms with Gasteiger partial charge in [0.25, 0.3) is 5.91 Å². The predicted molar refractivity (Wildman–Crippen MR) is 95.3 cm³/mol. The van der Waals surface area contributed by atoms with Crippen molar-refractivity contribution in [2.24, 2.45) is 0 Å². The number of carbonyl (C=O) groups is 1. The van der Waals surface area contributed by atoms with Crippen molar-refractivity contribution in [3.05, 3.63) is 53.1 Å². The zero-order valence-corrected chi connectivity index (χ0v) is 14.3. The van der Waals surface area contributed by atoms with Crippen molar-refractivity contribution in [1.29, 1.82) is 0 Å². The fourth-order valence-corrected chi connectivity index (χ4v) is 3.59. The molecule has 0 saturated carbocycles. The van der Waals surface area contributed by atoms with Gasteiger partial charge in [-0.15, -0.1) is 11.8 Å². The average Bonchev–Trinajstić information content (AvgIpc) is 2.94. The lowest BCUT2D eigenvalue weighted by Gasteiger charge is -2.03. The number of aryl methyl sites for hydroxylation is 2. The third-order valence-corrected chi connectivity index (χ3v) is 5.30. The minimum atomic E-state index is -0.121. The maximum atomic E-state index is 12.4. The van der Waals surface area contributed by atoms with Crippen LogP contribution in [0.25, 0.3) is 10.2 Å². The molecule has 5 heteroatoms. The van der Waals surface area contributed by atoms with Crippen LogP contribution in [-0.4, -0.2) is 17.1 Å². The summed E-state index contributed by atoms with van der Waals surface area (Å²) in [6, 6.07) is 11.7. The molecule has 1 aromatic heterocycles. The van der Waals surface area contributed by atoms with E-state index < -0.39 is 0 Å². The van der Waals surface area contributed by atoms with Gasteiger partial charge in [0.1, 0.15) is 0 Å². The van der Waals surface area contributed by atoms with Crippen LogP contribution in [-0.2, 0) is 0 Å². The van der Waals surface area contributed by atoms with E-state index in [0.717, 1.165) is 15.1 Å². The van der Waals surface area contributed by atoms with Crippen LogP contribution in [0.15, 0.2) is 41.3 Å². The molecule has 0 saturated heterocycles. The molecule has 3 rings (SSSR count). The molecule has 3 aromatic rings. The Morgan fingerprint density at radius 1 is 1.23 bits per heavy atom. The highest BCUT2D eigenvalue weighted by Gasteiger charge is 2.12. The van der Waals surface area contributed by atoms with Crippen LogP contribution in [0.2, 0.25) is 0 Å². The van der Waals surface area contributed by atoms with E-state index >= 15 is 0 Å². The maximum Gasteiger partial charge on any atom is 0.257 e. The summed E-state index contributed by atoms with van der Waals surface area (Å²) >= 11 is 3.13. The minimum absolute atomic E-state index is 0.121. The van der Waals surface area contributed by atoms with E-state index in [9.17, 15) is 4.79 Å². The summed E-state index contributed by atoms with van der Waals surface area (Å²) in [5.41, 5.74) is 4.00. The molecule has 1 amide bonds. The number of amides is 1. The standard InChI is InChI=1S/C17H16N2OS2/c1-10-7-8-14-15(11(10)2)18-17(22-14)19-16(20)12-5-4-6-13(9-12)21-3/h4-9H,1-3H3,(H,18,19,20). The van der Waals surface area contributed by atoms with Gasteiger partial charge in [-0.3, -0.25) is 10.1 Å². The van der Waals surface area contributed by atoms with Crippen molar-refractivity contribution in [3.8, 4) is 0 Å². The van der Waals surface area contributed by atoms with Crippen LogP contribution >= 0.6 is 23.1 Å². The molecule has 0 atom stereocenters. The Balaban J connectivity index is 1.89. The Kier molecular flexibility index (Phi) is 4.18. The molecule has 0 radical (unpaired) electrons. The van der Waals surface area contributed by atoms with E-state index in [1.165, 1.54) is 22.5 Å². The summed E-state index contributed by atoms with van der Waals surface area (Å²) in [7, 11) is 0. The highest BCUT2D eigenvalue weighted by atomic mass is 32.2. The summed E-state index contributed by atoms with van der Waals surface area (Å²) in [6.45, 7) is 4.13. The molecule has 0 aliphatic heterocycles. The van der Waals surface area contributed by atoms with Crippen LogP contribution < -0.4 is 5.32 Å². The number of benzene rings is 2. The second-order valence-electron chi connectivity index (χ2n) is 5.06. The second-order valence-corrected chi connectivity index (χ2v) is 6.97. The molecule has 112 valence electrons. The smallest absolute Gasteiger partial charge is 0.257 e. The Morgan fingerprint density at radius 3 is 2.82 bits per heavy atom. The number of nitrogens with zero attached hydrogens (tertiary/aromatic N) is 1. The lowest BCUT2D eigenvalue weighted by Crippen LogP contribution is -2.11. The van der Waals surface area contributed by atoms with Gasteiger partial charge in [0.2, 0.25) is 0 Å². The number of aromatic nitrogens is 1. The van der Waals surface area contributed by atoms with E-state index in [1.807, 2.05) is 30.5 Å². The number of anilines is 1. The van der Waals surface area contributed by atoms with E-state index in [1.54, 1.807) is 11.8 Å². The van der Waals surface area contributed by atoms with Gasteiger partial charge in [-0.2, -0.15) is 0 Å². The van der Waals surface area contributed by atoms with Gasteiger partial charge >= 0.3 is 0 Å². The van der Waals surface area contributed by atoms with E-state index in [4.69, 9.17) is 0 Å². The topological polar surface area (TPSA) is 42.0 Å². The van der Waals surface area contributed by atoms with Gasteiger partial charge in [0, 0.05) is 10.5 Å². The largest absolute Gasteiger partial charge is 0.298 e. The monoisotopic (exact) mass is 328 g/mol. The van der Waals surface area contributed by atoms with Gasteiger partial charge in [-0.25, -0.2) is 4.98 Å². The quantitative estimate of drug-likeness (QED) is 0.696. The molecule has 0 aliphatic carbocycles. The van der Waals surface area contributed by atoms with E-state index in [0.29, 0.717) is 10.7 Å². The normalized spacial score (nSPS) is 10.9. The molecule has 0 bridgehead atoms. The molecule has 2 aromatic carbocycles. The number of hydrogen-bond acceptors (Lipinski definition) is 4. The Bertz CT molecular complexity index is 855. The van der Waals surface area contributed by atoms with Gasteiger partial charge in [-0.05, 0) is 55.5 Å². The molecule has 0 spiro atoms. The average molecular weight is 328 g/mol. The van der Waals surface area contributed by atoms with Crippen molar-refractivity contribution < 1.29 is 4.79 Å². The van der Waals surface area contributed by atoms with Crippen molar-refractivity contribution in [2.75, 3.05) is 11.6 Å². The Morgan fingerprint density at radius 2 is 2.05 bits per heavy atom. The molecule has 1 N–H and O–H groups in total. The zero-order valence-electron chi connectivity index (χ0n) is 12.6. The second kappa shape index (κ2) is 6.10. The zero-order chi connectivity index (χ0) is 15.7. The van der Waals surface area contributed by atoms with E-state index in [-0.39, 0.29) is 5.91 Å². The minimum Gasteiger partial charge on any atom is -0.298 e. The summed E-state index contributed by atoms with van der Waals surface area (Å²) < 4.78 is 1.09. The lowest BCUT2D eigenvalue weighted by molar-refractivity contribution is 0.102. The van der Waals surface area contributed by atoms with Gasteiger partial charge < -0.3 is 0 Å². The number of hydrogen-bond donors (Lipinski definition) is 1. The first-order valence-electron chi connectivity index (χ1n) is 6.90. The number of nitrogens with one attached hydrogen (secondary N) is 1. The van der Waals surface area contributed by atoms with Crippen LogP contribution in [0.4, 0.5) is 5.13 Å². The van der Waals surface area contributed by atoms with Gasteiger partial charge in [0.05, 0.1) is 10.2 Å². The van der Waals surface area contributed by atoms with Gasteiger partial charge in [0.15, 0.2) is 5.13 Å². The number of thioether (sulfide) groups is 1. The van der Waals surface area contributed by atoms with Crippen LogP contribution in [0, 0.1) is 13.8 Å². The molecular formula is C17H16N2OS2. The molecule has 1 heterocycles. The molecule has 22 heavy (non-hydrogen) atoms. The van der Waals surface area contributed by atoms with Gasteiger partial charge in [-0.1, -0.05) is 23.5 Å². The van der Waals surface area contributed by atoms with Crippen LogP contribution in [0.1, 0.15) is 21.5 Å². The van der Waals surface area contributed by atoms with Crippen LogP contribution in [0.3, 0.4) is 0 Å². The van der Waals surface area contributed by atoms with Crippen LogP contribution in [0.5, 0.6) is 0 Å². The fourth-order valence-electron chi connectivity index (χ4n) is 2.21. The molecule has 0 aliphatic rings. The Hall–Kier alpha value is -1.85. The van der Waals surface area contributed by atoms with E-state index in [2.05, 4.69) is 36.3 Å². The van der Waals surface area contributed by atoms with Crippen molar-refractivity contribution >= 4 is 44.4 Å². The molecular weight excluding hydrogens is 312 g/mol. The Labute approximate surface area is 137 Å². The van der Waals surface area contributed by atoms with Crippen molar-refractivity contribution in [3.63, 3.8) is 0 Å².